The van der Waals surface area contributed by atoms with Gasteiger partial charge in [0.15, 0.2) is 0 Å². The summed E-state index contributed by atoms with van der Waals surface area (Å²) in [6.45, 7) is 2.52. The van der Waals surface area contributed by atoms with Crippen molar-refractivity contribution >= 4 is 11.8 Å². The van der Waals surface area contributed by atoms with Crippen LogP contribution in [0.3, 0.4) is 0 Å². The molecule has 9 heteroatoms. The van der Waals surface area contributed by atoms with E-state index in [-0.39, 0.29) is 24.5 Å². The maximum atomic E-state index is 13.7. The van der Waals surface area contributed by atoms with Crippen LogP contribution in [0.4, 0.5) is 0 Å². The van der Waals surface area contributed by atoms with Crippen LogP contribution in [0.1, 0.15) is 40.7 Å². The number of benzene rings is 2. The number of aliphatic hydroxyl groups is 1. The van der Waals surface area contributed by atoms with Crippen molar-refractivity contribution < 1.29 is 24.2 Å². The van der Waals surface area contributed by atoms with Gasteiger partial charge in [0.25, 0.3) is 5.91 Å². The molecule has 0 radical (unpaired) electrons. The molecule has 4 atom stereocenters. The van der Waals surface area contributed by atoms with Gasteiger partial charge in [-0.15, -0.1) is 0 Å². The van der Waals surface area contributed by atoms with Crippen LogP contribution in [0.25, 0.3) is 0 Å². The summed E-state index contributed by atoms with van der Waals surface area (Å²) in [4.78, 5) is 31.0. The summed E-state index contributed by atoms with van der Waals surface area (Å²) in [7, 11) is 0. The Morgan fingerprint density at radius 2 is 1.86 bits per heavy atom. The van der Waals surface area contributed by atoms with E-state index < -0.39 is 18.2 Å². The summed E-state index contributed by atoms with van der Waals surface area (Å²) < 4.78 is 12.1. The highest BCUT2D eigenvalue weighted by Crippen LogP contribution is 2.26. The van der Waals surface area contributed by atoms with Crippen LogP contribution in [0, 0.1) is 11.3 Å². The Morgan fingerprint density at radius 1 is 1.05 bits per heavy atom. The molecule has 2 bridgehead atoms. The van der Waals surface area contributed by atoms with E-state index in [1.165, 1.54) is 0 Å². The minimum atomic E-state index is -0.716. The molecule has 2 aromatic rings. The molecule has 194 valence electrons. The molecule has 3 heterocycles. The van der Waals surface area contributed by atoms with Gasteiger partial charge in [0.05, 0.1) is 36.0 Å². The third-order valence-corrected chi connectivity index (χ3v) is 7.39. The van der Waals surface area contributed by atoms with Gasteiger partial charge in [-0.05, 0) is 42.7 Å². The first-order valence-corrected chi connectivity index (χ1v) is 12.9. The van der Waals surface area contributed by atoms with E-state index in [4.69, 9.17) is 14.7 Å². The Labute approximate surface area is 216 Å². The average molecular weight is 505 g/mol. The highest BCUT2D eigenvalue weighted by Gasteiger charge is 2.38. The van der Waals surface area contributed by atoms with Gasteiger partial charge in [0.1, 0.15) is 17.9 Å². The van der Waals surface area contributed by atoms with Crippen molar-refractivity contribution in [3.05, 3.63) is 65.2 Å². The minimum Gasteiger partial charge on any atom is -0.493 e. The Morgan fingerprint density at radius 3 is 2.68 bits per heavy atom. The largest absolute Gasteiger partial charge is 0.493 e. The Kier molecular flexibility index (Phi) is 7.70. The predicted octanol–water partition coefficient (Wildman–Crippen LogP) is 1.69. The van der Waals surface area contributed by atoms with Gasteiger partial charge in [0.2, 0.25) is 5.91 Å². The van der Waals surface area contributed by atoms with Gasteiger partial charge in [-0.1, -0.05) is 24.3 Å². The van der Waals surface area contributed by atoms with Crippen LogP contribution in [-0.4, -0.2) is 83.9 Å². The zero-order chi connectivity index (χ0) is 25.8. The molecule has 0 aliphatic carbocycles. The molecule has 37 heavy (non-hydrogen) atoms. The molecule has 0 aromatic heterocycles. The molecule has 2 N–H and O–H groups in total. The molecule has 2 fully saturated rings. The van der Waals surface area contributed by atoms with E-state index in [1.807, 2.05) is 18.2 Å². The van der Waals surface area contributed by atoms with E-state index in [2.05, 4.69) is 16.3 Å². The summed E-state index contributed by atoms with van der Waals surface area (Å²) in [6, 6.07) is 16.0. The standard InChI is InChI=1S/C28H32N4O5/c29-15-19-5-7-20(8-6-19)17-31-12-13-32-23(18-31)27(34)30-16-26-24(33)10-9-21(37-26)11-14-36-25-4-2-1-3-22(25)28(32)35/h1-8,21,23-24,26,33H,9-14,16-18H2,(H,30,34)/t21-,23-,24-,26+/m0/s1. The quantitative estimate of drug-likeness (QED) is 0.640. The fourth-order valence-corrected chi connectivity index (χ4v) is 5.28. The first-order chi connectivity index (χ1) is 18.0. The molecule has 0 spiro atoms. The summed E-state index contributed by atoms with van der Waals surface area (Å²) >= 11 is 0. The van der Waals surface area contributed by atoms with E-state index in [9.17, 15) is 14.7 Å². The number of hydrogen-bond donors (Lipinski definition) is 2. The Bertz CT molecular complexity index is 1160. The molecule has 0 saturated carbocycles. The lowest BCUT2D eigenvalue weighted by Gasteiger charge is -2.41. The van der Waals surface area contributed by atoms with Crippen LogP contribution in [-0.2, 0) is 16.1 Å². The molecule has 5 rings (SSSR count). The predicted molar refractivity (Wildman–Crippen MR) is 135 cm³/mol. The van der Waals surface area contributed by atoms with Crippen LogP contribution < -0.4 is 10.1 Å². The number of ether oxygens (including phenoxy) is 2. The van der Waals surface area contributed by atoms with Gasteiger partial charge in [-0.2, -0.15) is 5.26 Å². The van der Waals surface area contributed by atoms with Crippen molar-refractivity contribution in [3.63, 3.8) is 0 Å². The maximum Gasteiger partial charge on any atom is 0.258 e. The molecule has 9 nitrogen and oxygen atoms in total. The monoisotopic (exact) mass is 504 g/mol. The molecular weight excluding hydrogens is 472 g/mol. The SMILES string of the molecule is N#Cc1ccc(CN2CCN3C(=O)c4ccccc4OCC[C@@H]4CC[C@H](O)[C@@H](CNC(=O)[C@@H]3C2)O4)cc1. The zero-order valence-corrected chi connectivity index (χ0v) is 20.7. The summed E-state index contributed by atoms with van der Waals surface area (Å²) in [5.74, 6) is -0.00954. The second-order valence-corrected chi connectivity index (χ2v) is 9.88. The highest BCUT2D eigenvalue weighted by molar-refractivity contribution is 6.00. The molecule has 2 amide bonds. The second-order valence-electron chi connectivity index (χ2n) is 9.88. The third kappa shape index (κ3) is 5.77. The highest BCUT2D eigenvalue weighted by atomic mass is 16.5. The summed E-state index contributed by atoms with van der Waals surface area (Å²) in [5.41, 5.74) is 2.07. The zero-order valence-electron chi connectivity index (χ0n) is 20.7. The average Bonchev–Trinajstić information content (AvgIpc) is 2.93. The van der Waals surface area contributed by atoms with E-state index in [1.54, 1.807) is 35.2 Å². The molecule has 0 unspecified atom stereocenters. The summed E-state index contributed by atoms with van der Waals surface area (Å²) in [5, 5.41) is 22.5. The van der Waals surface area contributed by atoms with Crippen molar-refractivity contribution in [2.24, 2.45) is 0 Å². The normalized spacial score (nSPS) is 27.1. The minimum absolute atomic E-state index is 0.0785. The number of para-hydroxylation sites is 1. The van der Waals surface area contributed by atoms with Crippen LogP contribution in [0.15, 0.2) is 48.5 Å². The van der Waals surface area contributed by atoms with E-state index in [0.29, 0.717) is 62.5 Å². The lowest BCUT2D eigenvalue weighted by Crippen LogP contribution is -2.61. The third-order valence-electron chi connectivity index (χ3n) is 7.39. The Hall–Kier alpha value is -3.45. The molecular formula is C28H32N4O5. The molecule has 3 aliphatic heterocycles. The molecule has 2 saturated heterocycles. The fraction of sp³-hybridized carbons (Fsp3) is 0.464. The fourth-order valence-electron chi connectivity index (χ4n) is 5.28. The molecule has 2 aromatic carbocycles. The van der Waals surface area contributed by atoms with Crippen LogP contribution >= 0.6 is 0 Å². The number of fused-ring (bicyclic) bond motifs is 4. The van der Waals surface area contributed by atoms with Crippen LogP contribution in [0.5, 0.6) is 5.75 Å². The number of nitrogens with one attached hydrogen (secondary N) is 1. The van der Waals surface area contributed by atoms with Crippen molar-refractivity contribution in [2.75, 3.05) is 32.8 Å². The smallest absolute Gasteiger partial charge is 0.258 e. The lowest BCUT2D eigenvalue weighted by molar-refractivity contribution is -0.135. The number of nitriles is 1. The Balaban J connectivity index is 1.40. The first kappa shape index (κ1) is 25.2. The van der Waals surface area contributed by atoms with Crippen LogP contribution in [0.2, 0.25) is 0 Å². The van der Waals surface area contributed by atoms with E-state index >= 15 is 0 Å². The van der Waals surface area contributed by atoms with Gasteiger partial charge < -0.3 is 24.8 Å². The van der Waals surface area contributed by atoms with Crippen molar-refractivity contribution in [2.45, 2.75) is 50.2 Å². The summed E-state index contributed by atoms with van der Waals surface area (Å²) in [6.07, 6.45) is 0.731. The number of nitrogens with zero attached hydrogens (tertiary/aromatic N) is 3. The number of carbonyl (C=O) groups is 2. The first-order valence-electron chi connectivity index (χ1n) is 12.9. The number of carbonyl (C=O) groups excluding carboxylic acids is 2. The number of rotatable bonds is 2. The number of aliphatic hydroxyl groups excluding tert-OH is 1. The second kappa shape index (κ2) is 11.3. The lowest BCUT2D eigenvalue weighted by atomic mass is 9.99. The number of piperazine rings is 1. The van der Waals surface area contributed by atoms with Crippen molar-refractivity contribution in [1.29, 1.82) is 5.26 Å². The van der Waals surface area contributed by atoms with Crippen molar-refractivity contribution in [1.82, 2.24) is 15.1 Å². The maximum absolute atomic E-state index is 13.7. The van der Waals surface area contributed by atoms with Crippen molar-refractivity contribution in [3.8, 4) is 11.8 Å². The molecule has 3 aliphatic rings. The van der Waals surface area contributed by atoms with Gasteiger partial charge in [0, 0.05) is 39.1 Å². The van der Waals surface area contributed by atoms with Gasteiger partial charge in [-0.25, -0.2) is 0 Å². The van der Waals surface area contributed by atoms with E-state index in [0.717, 1.165) is 12.0 Å². The number of amides is 2. The topological polar surface area (TPSA) is 115 Å². The van der Waals surface area contributed by atoms with Gasteiger partial charge in [-0.3, -0.25) is 14.5 Å². The van der Waals surface area contributed by atoms with Gasteiger partial charge >= 0.3 is 0 Å². The number of hydrogen-bond acceptors (Lipinski definition) is 7.